The van der Waals surface area contributed by atoms with Crippen LogP contribution >= 0.6 is 0 Å². The number of fused-ring (bicyclic) bond motifs is 2. The fraction of sp³-hybridized carbons (Fsp3) is 1.00. The maximum Gasteiger partial charge on any atom is -0.0213 e. The normalized spacial score (nSPS) is 51.0. The van der Waals surface area contributed by atoms with E-state index in [1.54, 1.807) is 6.42 Å². The van der Waals surface area contributed by atoms with E-state index in [1.807, 2.05) is 0 Å². The zero-order chi connectivity index (χ0) is 12.1. The van der Waals surface area contributed by atoms with E-state index in [1.165, 1.54) is 51.4 Å². The average Bonchev–Trinajstić information content (AvgIpc) is 2.83. The average molecular weight is 234 g/mol. The third kappa shape index (κ3) is 1.48. The predicted molar refractivity (Wildman–Crippen MR) is 73.9 cm³/mol. The molecule has 0 N–H and O–H groups in total. The van der Waals surface area contributed by atoms with E-state index in [-0.39, 0.29) is 0 Å². The highest BCUT2D eigenvalue weighted by atomic mass is 14.7. The van der Waals surface area contributed by atoms with Gasteiger partial charge < -0.3 is 0 Å². The van der Waals surface area contributed by atoms with Crippen LogP contribution in [0.5, 0.6) is 0 Å². The molecule has 0 aliphatic heterocycles. The minimum Gasteiger partial charge on any atom is -0.0651 e. The van der Waals surface area contributed by atoms with Crippen LogP contribution in [0.3, 0.4) is 0 Å². The first-order chi connectivity index (χ1) is 8.12. The van der Waals surface area contributed by atoms with Gasteiger partial charge in [-0.3, -0.25) is 0 Å². The predicted octanol–water partition coefficient (Wildman–Crippen LogP) is 5.42. The Bertz CT molecular complexity index is 288. The van der Waals surface area contributed by atoms with Gasteiger partial charge in [-0.25, -0.2) is 0 Å². The molecule has 0 amide bonds. The molecule has 0 heteroatoms. The molecule has 3 fully saturated rings. The van der Waals surface area contributed by atoms with Crippen molar-refractivity contribution in [3.63, 3.8) is 0 Å². The molecule has 4 unspecified atom stereocenters. The fourth-order valence-electron chi connectivity index (χ4n) is 6.31. The highest BCUT2D eigenvalue weighted by Crippen LogP contribution is 2.71. The van der Waals surface area contributed by atoms with E-state index in [2.05, 4.69) is 20.8 Å². The molecule has 0 heterocycles. The van der Waals surface area contributed by atoms with Gasteiger partial charge in [0.1, 0.15) is 0 Å². The quantitative estimate of drug-likeness (QED) is 0.598. The van der Waals surface area contributed by atoms with Gasteiger partial charge >= 0.3 is 0 Å². The van der Waals surface area contributed by atoms with Gasteiger partial charge in [-0.1, -0.05) is 46.5 Å². The first-order valence-electron chi connectivity index (χ1n) is 8.12. The van der Waals surface area contributed by atoms with Crippen LogP contribution < -0.4 is 0 Å². The fourth-order valence-corrected chi connectivity index (χ4v) is 6.31. The van der Waals surface area contributed by atoms with Gasteiger partial charge in [0.15, 0.2) is 0 Å². The summed E-state index contributed by atoms with van der Waals surface area (Å²) in [5, 5.41) is 0. The lowest BCUT2D eigenvalue weighted by Crippen LogP contribution is -2.46. The molecule has 0 spiro atoms. The molecule has 3 saturated carbocycles. The van der Waals surface area contributed by atoms with Crippen LogP contribution in [0, 0.1) is 28.6 Å². The summed E-state index contributed by atoms with van der Waals surface area (Å²) in [5.74, 6) is 3.18. The molecule has 2 bridgehead atoms. The van der Waals surface area contributed by atoms with Crippen molar-refractivity contribution in [1.29, 1.82) is 0 Å². The van der Waals surface area contributed by atoms with Crippen LogP contribution in [0.2, 0.25) is 0 Å². The zero-order valence-corrected chi connectivity index (χ0v) is 12.1. The minimum absolute atomic E-state index is 0.686. The molecule has 0 aromatic heterocycles. The molecule has 3 aliphatic rings. The summed E-state index contributed by atoms with van der Waals surface area (Å²) in [4.78, 5) is 0. The standard InChI is InChI=1S/C17H30/c1-4-15-13-10-11-16(2,12-13)17(15,3)14-8-6-5-7-9-14/h13-15H,4-12H2,1-3H3. The van der Waals surface area contributed by atoms with Crippen molar-refractivity contribution in [2.45, 2.75) is 78.6 Å². The van der Waals surface area contributed by atoms with Gasteiger partial charge in [0.05, 0.1) is 0 Å². The molecule has 4 atom stereocenters. The van der Waals surface area contributed by atoms with Gasteiger partial charge in [0, 0.05) is 0 Å². The van der Waals surface area contributed by atoms with Gasteiger partial charge in [-0.15, -0.1) is 0 Å². The first kappa shape index (κ1) is 12.1. The third-order valence-corrected chi connectivity index (χ3v) is 7.31. The summed E-state index contributed by atoms with van der Waals surface area (Å²) in [7, 11) is 0. The van der Waals surface area contributed by atoms with E-state index in [0.29, 0.717) is 10.8 Å². The SMILES string of the molecule is CCC1C2CCC(C)(C2)C1(C)C1CCCCC1. The molecule has 0 nitrogen and oxygen atoms in total. The van der Waals surface area contributed by atoms with Gasteiger partial charge in [-0.05, 0) is 60.7 Å². The van der Waals surface area contributed by atoms with Crippen LogP contribution in [0.1, 0.15) is 78.6 Å². The van der Waals surface area contributed by atoms with Gasteiger partial charge in [0.2, 0.25) is 0 Å². The van der Waals surface area contributed by atoms with Crippen molar-refractivity contribution >= 4 is 0 Å². The van der Waals surface area contributed by atoms with Crippen LogP contribution in [0.15, 0.2) is 0 Å². The topological polar surface area (TPSA) is 0 Å². The van der Waals surface area contributed by atoms with E-state index in [4.69, 9.17) is 0 Å². The lowest BCUT2D eigenvalue weighted by Gasteiger charge is -2.53. The summed E-state index contributed by atoms with van der Waals surface area (Å²) in [6, 6.07) is 0. The Labute approximate surface area is 108 Å². The monoisotopic (exact) mass is 234 g/mol. The van der Waals surface area contributed by atoms with Gasteiger partial charge in [-0.2, -0.15) is 0 Å². The summed E-state index contributed by atoms with van der Waals surface area (Å²) < 4.78 is 0. The largest absolute Gasteiger partial charge is 0.0651 e. The third-order valence-electron chi connectivity index (χ3n) is 7.31. The van der Waals surface area contributed by atoms with Crippen molar-refractivity contribution in [2.75, 3.05) is 0 Å². The molecule has 17 heavy (non-hydrogen) atoms. The Balaban J connectivity index is 1.92. The van der Waals surface area contributed by atoms with E-state index in [9.17, 15) is 0 Å². The highest BCUT2D eigenvalue weighted by Gasteiger charge is 2.63. The Morgan fingerprint density at radius 2 is 1.71 bits per heavy atom. The van der Waals surface area contributed by atoms with E-state index in [0.717, 1.165) is 17.8 Å². The smallest absolute Gasteiger partial charge is 0.0213 e. The summed E-state index contributed by atoms with van der Waals surface area (Å²) in [6.07, 6.45) is 13.7. The molecule has 3 aliphatic carbocycles. The van der Waals surface area contributed by atoms with Gasteiger partial charge in [0.25, 0.3) is 0 Å². The van der Waals surface area contributed by atoms with Crippen molar-refractivity contribution in [1.82, 2.24) is 0 Å². The Kier molecular flexibility index (Phi) is 2.84. The van der Waals surface area contributed by atoms with Crippen molar-refractivity contribution in [3.8, 4) is 0 Å². The number of rotatable bonds is 2. The van der Waals surface area contributed by atoms with E-state index >= 15 is 0 Å². The molecular formula is C17H30. The Morgan fingerprint density at radius 1 is 1.00 bits per heavy atom. The molecule has 0 radical (unpaired) electrons. The molecule has 3 rings (SSSR count). The second-order valence-corrected chi connectivity index (χ2v) is 7.70. The van der Waals surface area contributed by atoms with E-state index < -0.39 is 0 Å². The second-order valence-electron chi connectivity index (χ2n) is 7.70. The van der Waals surface area contributed by atoms with Crippen molar-refractivity contribution < 1.29 is 0 Å². The van der Waals surface area contributed by atoms with Crippen LogP contribution in [-0.4, -0.2) is 0 Å². The summed E-state index contributed by atoms with van der Waals surface area (Å²) in [6.45, 7) is 7.78. The molecular weight excluding hydrogens is 204 g/mol. The number of hydrogen-bond acceptors (Lipinski definition) is 0. The van der Waals surface area contributed by atoms with Crippen LogP contribution in [0.25, 0.3) is 0 Å². The lowest BCUT2D eigenvalue weighted by molar-refractivity contribution is -0.0443. The first-order valence-corrected chi connectivity index (χ1v) is 8.12. The summed E-state index contributed by atoms with van der Waals surface area (Å²) >= 11 is 0. The second kappa shape index (κ2) is 4.00. The van der Waals surface area contributed by atoms with Crippen molar-refractivity contribution in [2.24, 2.45) is 28.6 Å². The maximum atomic E-state index is 2.69. The Hall–Kier alpha value is 0. The molecule has 98 valence electrons. The van der Waals surface area contributed by atoms with Crippen molar-refractivity contribution in [3.05, 3.63) is 0 Å². The van der Waals surface area contributed by atoms with Crippen LogP contribution in [-0.2, 0) is 0 Å². The molecule has 0 aromatic rings. The summed E-state index contributed by atoms with van der Waals surface area (Å²) in [5.41, 5.74) is 1.38. The minimum atomic E-state index is 0.686. The Morgan fingerprint density at radius 3 is 2.35 bits per heavy atom. The zero-order valence-electron chi connectivity index (χ0n) is 12.1. The van der Waals surface area contributed by atoms with Crippen LogP contribution in [0.4, 0.5) is 0 Å². The lowest BCUT2D eigenvalue weighted by atomic mass is 9.51. The molecule has 0 aromatic carbocycles. The molecule has 0 saturated heterocycles. The highest BCUT2D eigenvalue weighted by molar-refractivity contribution is 5.12. The maximum absolute atomic E-state index is 2.69. The number of hydrogen-bond donors (Lipinski definition) is 0.